The van der Waals surface area contributed by atoms with E-state index in [1.807, 2.05) is 6.07 Å². The second kappa shape index (κ2) is 7.97. The number of halogens is 1. The number of H-pyrrole nitrogens is 1. The summed E-state index contributed by atoms with van der Waals surface area (Å²) in [6, 6.07) is 7.99. The zero-order chi connectivity index (χ0) is 20.4. The van der Waals surface area contributed by atoms with Crippen molar-refractivity contribution in [1.29, 1.82) is 0 Å². The molecule has 154 valence electrons. The summed E-state index contributed by atoms with van der Waals surface area (Å²) < 4.78 is 18.7. The Labute approximate surface area is 169 Å². The van der Waals surface area contributed by atoms with Gasteiger partial charge in [-0.25, -0.2) is 4.39 Å². The fourth-order valence-corrected chi connectivity index (χ4v) is 4.18. The summed E-state index contributed by atoms with van der Waals surface area (Å²) in [5, 5.41) is 7.17. The Hall–Kier alpha value is -2.70. The molecule has 1 saturated carbocycles. The molecule has 2 aromatic rings. The highest BCUT2D eigenvalue weighted by Crippen LogP contribution is 2.39. The second-order valence-corrected chi connectivity index (χ2v) is 8.12. The number of amides is 1. The maximum absolute atomic E-state index is 13.3. The first-order valence-electron chi connectivity index (χ1n) is 10.3. The summed E-state index contributed by atoms with van der Waals surface area (Å²) in [7, 11) is 0. The molecule has 1 unspecified atom stereocenters. The van der Waals surface area contributed by atoms with Crippen molar-refractivity contribution in [1.82, 2.24) is 15.1 Å². The van der Waals surface area contributed by atoms with Crippen LogP contribution in [-0.4, -0.2) is 46.7 Å². The summed E-state index contributed by atoms with van der Waals surface area (Å²) in [4.78, 5) is 27.7. The fourth-order valence-electron chi connectivity index (χ4n) is 4.18. The van der Waals surface area contributed by atoms with E-state index >= 15 is 0 Å². The Bertz CT molecular complexity index is 891. The predicted molar refractivity (Wildman–Crippen MR) is 105 cm³/mol. The van der Waals surface area contributed by atoms with Crippen molar-refractivity contribution < 1.29 is 18.7 Å². The van der Waals surface area contributed by atoms with Crippen LogP contribution in [0.15, 0.2) is 30.3 Å². The molecule has 2 fully saturated rings. The molecule has 1 N–H and O–H groups in total. The van der Waals surface area contributed by atoms with Crippen molar-refractivity contribution in [2.24, 2.45) is 5.41 Å². The van der Waals surface area contributed by atoms with Gasteiger partial charge in [0.2, 0.25) is 0 Å². The fraction of sp³-hybridized carbons (Fsp3) is 0.500. The number of rotatable bonds is 6. The van der Waals surface area contributed by atoms with Gasteiger partial charge in [0.1, 0.15) is 11.5 Å². The van der Waals surface area contributed by atoms with E-state index in [4.69, 9.17) is 4.74 Å². The molecule has 1 aromatic heterocycles. The number of benzene rings is 1. The Morgan fingerprint density at radius 3 is 2.76 bits per heavy atom. The van der Waals surface area contributed by atoms with Crippen LogP contribution >= 0.6 is 0 Å². The molecular weight excluding hydrogens is 373 g/mol. The number of hydrogen-bond acceptors (Lipinski definition) is 4. The quantitative estimate of drug-likeness (QED) is 0.755. The standard InChI is InChI=1S/C22H26FN3O3/c1-2-29-21(28)22(13-15-4-8-17(23)9-5-15)10-3-11-26(14-22)20(27)19-12-18(24-25-19)16-6-7-16/h4-5,8-9,12,16H,2-3,6-7,10-11,13-14H2,1H3,(H,24,25). The maximum Gasteiger partial charge on any atom is 0.314 e. The average Bonchev–Trinajstić information content (AvgIpc) is 3.46. The van der Waals surface area contributed by atoms with E-state index in [0.29, 0.717) is 37.4 Å². The number of aromatic amines is 1. The molecule has 1 amide bonds. The van der Waals surface area contributed by atoms with Crippen LogP contribution < -0.4 is 0 Å². The molecule has 4 rings (SSSR count). The van der Waals surface area contributed by atoms with Crippen LogP contribution in [0.5, 0.6) is 0 Å². The molecule has 2 aliphatic rings. The lowest BCUT2D eigenvalue weighted by molar-refractivity contribution is -0.158. The first-order chi connectivity index (χ1) is 14.0. The van der Waals surface area contributed by atoms with E-state index in [0.717, 1.165) is 24.1 Å². The van der Waals surface area contributed by atoms with Crippen LogP contribution in [0.25, 0.3) is 0 Å². The lowest BCUT2D eigenvalue weighted by Crippen LogP contribution is -2.51. The molecule has 29 heavy (non-hydrogen) atoms. The zero-order valence-corrected chi connectivity index (χ0v) is 16.6. The predicted octanol–water partition coefficient (Wildman–Crippen LogP) is 3.45. The molecule has 7 heteroatoms. The highest BCUT2D eigenvalue weighted by atomic mass is 19.1. The van der Waals surface area contributed by atoms with Crippen molar-refractivity contribution in [2.45, 2.75) is 44.9 Å². The topological polar surface area (TPSA) is 75.3 Å². The molecule has 1 aromatic carbocycles. The normalized spacial score (nSPS) is 21.8. The average molecular weight is 399 g/mol. The van der Waals surface area contributed by atoms with Gasteiger partial charge in [0.15, 0.2) is 0 Å². The van der Waals surface area contributed by atoms with Gasteiger partial charge >= 0.3 is 5.97 Å². The largest absolute Gasteiger partial charge is 0.466 e. The number of ether oxygens (including phenoxy) is 1. The smallest absolute Gasteiger partial charge is 0.314 e. The molecule has 0 radical (unpaired) electrons. The zero-order valence-electron chi connectivity index (χ0n) is 16.6. The first-order valence-corrected chi connectivity index (χ1v) is 10.3. The Morgan fingerprint density at radius 2 is 2.07 bits per heavy atom. The molecule has 1 saturated heterocycles. The van der Waals surface area contributed by atoms with Gasteiger partial charge in [0.05, 0.1) is 12.0 Å². The second-order valence-electron chi connectivity index (χ2n) is 8.12. The van der Waals surface area contributed by atoms with Gasteiger partial charge in [-0.05, 0) is 62.8 Å². The minimum atomic E-state index is -0.836. The number of carbonyl (C=O) groups is 2. The Kier molecular flexibility index (Phi) is 5.39. The van der Waals surface area contributed by atoms with Crippen molar-refractivity contribution in [3.05, 3.63) is 53.1 Å². The number of carbonyl (C=O) groups excluding carboxylic acids is 2. The van der Waals surface area contributed by atoms with E-state index in [9.17, 15) is 14.0 Å². The monoisotopic (exact) mass is 399 g/mol. The van der Waals surface area contributed by atoms with Gasteiger partial charge in [-0.15, -0.1) is 0 Å². The van der Waals surface area contributed by atoms with Gasteiger partial charge in [-0.1, -0.05) is 12.1 Å². The summed E-state index contributed by atoms with van der Waals surface area (Å²) in [6.45, 7) is 2.91. The number of aromatic nitrogens is 2. The van der Waals surface area contributed by atoms with Crippen molar-refractivity contribution in [3.8, 4) is 0 Å². The molecule has 1 atom stereocenters. The van der Waals surface area contributed by atoms with Crippen molar-refractivity contribution in [2.75, 3.05) is 19.7 Å². The third kappa shape index (κ3) is 4.18. The summed E-state index contributed by atoms with van der Waals surface area (Å²) in [5.74, 6) is -0.296. The van der Waals surface area contributed by atoms with Crippen LogP contribution in [0.3, 0.4) is 0 Å². The van der Waals surface area contributed by atoms with Gasteiger partial charge < -0.3 is 9.64 Å². The molecule has 6 nitrogen and oxygen atoms in total. The van der Waals surface area contributed by atoms with E-state index in [1.54, 1.807) is 24.0 Å². The number of likely N-dealkylation sites (tertiary alicyclic amines) is 1. The molecule has 2 heterocycles. The molecule has 1 aliphatic heterocycles. The highest BCUT2D eigenvalue weighted by molar-refractivity contribution is 5.93. The molecule has 0 spiro atoms. The van der Waals surface area contributed by atoms with E-state index < -0.39 is 5.41 Å². The number of nitrogens with zero attached hydrogens (tertiary/aromatic N) is 2. The summed E-state index contributed by atoms with van der Waals surface area (Å²) >= 11 is 0. The molecular formula is C22H26FN3O3. The van der Waals surface area contributed by atoms with Crippen molar-refractivity contribution in [3.63, 3.8) is 0 Å². The van der Waals surface area contributed by atoms with E-state index in [2.05, 4.69) is 10.2 Å². The van der Waals surface area contributed by atoms with Crippen LogP contribution in [0.4, 0.5) is 4.39 Å². The Morgan fingerprint density at radius 1 is 1.31 bits per heavy atom. The van der Waals surface area contributed by atoms with Gasteiger partial charge in [0.25, 0.3) is 5.91 Å². The third-order valence-corrected chi connectivity index (χ3v) is 5.86. The summed E-state index contributed by atoms with van der Waals surface area (Å²) in [6.07, 6.45) is 3.99. The number of nitrogens with one attached hydrogen (secondary N) is 1. The minimum absolute atomic E-state index is 0.166. The van der Waals surface area contributed by atoms with Crippen LogP contribution in [-0.2, 0) is 16.0 Å². The van der Waals surface area contributed by atoms with Crippen LogP contribution in [0, 0.1) is 11.2 Å². The number of hydrogen-bond donors (Lipinski definition) is 1. The van der Waals surface area contributed by atoms with E-state index in [-0.39, 0.29) is 30.8 Å². The lowest BCUT2D eigenvalue weighted by atomic mass is 9.75. The molecule has 0 bridgehead atoms. The van der Waals surface area contributed by atoms with Gasteiger partial charge in [0, 0.05) is 24.7 Å². The maximum atomic E-state index is 13.3. The third-order valence-electron chi connectivity index (χ3n) is 5.86. The number of piperidine rings is 1. The van der Waals surface area contributed by atoms with E-state index in [1.165, 1.54) is 12.1 Å². The first kappa shape index (κ1) is 19.6. The highest BCUT2D eigenvalue weighted by Gasteiger charge is 2.45. The van der Waals surface area contributed by atoms with Crippen LogP contribution in [0.1, 0.15) is 60.3 Å². The lowest BCUT2D eigenvalue weighted by Gasteiger charge is -2.40. The minimum Gasteiger partial charge on any atom is -0.466 e. The Balaban J connectivity index is 1.56. The van der Waals surface area contributed by atoms with Crippen molar-refractivity contribution >= 4 is 11.9 Å². The summed E-state index contributed by atoms with van der Waals surface area (Å²) in [5.41, 5.74) is 1.42. The van der Waals surface area contributed by atoms with Crippen LogP contribution in [0.2, 0.25) is 0 Å². The van der Waals surface area contributed by atoms with Gasteiger partial charge in [-0.2, -0.15) is 5.10 Å². The SMILES string of the molecule is CCOC(=O)C1(Cc2ccc(F)cc2)CCCN(C(=O)c2cc(C3CC3)[nH]n2)C1. The number of esters is 1. The van der Waals surface area contributed by atoms with Gasteiger partial charge in [-0.3, -0.25) is 14.7 Å². The molecule has 1 aliphatic carbocycles.